The Morgan fingerprint density at radius 1 is 1.00 bits per heavy atom. The molecule has 7 nitrogen and oxygen atoms in total. The van der Waals surface area contributed by atoms with E-state index < -0.39 is 5.97 Å². The van der Waals surface area contributed by atoms with Crippen LogP contribution in [0.3, 0.4) is 0 Å². The monoisotopic (exact) mass is 463 g/mol. The van der Waals surface area contributed by atoms with Crippen LogP contribution in [0.1, 0.15) is 50.9 Å². The van der Waals surface area contributed by atoms with Gasteiger partial charge in [0, 0.05) is 24.5 Å². The minimum Gasteiger partial charge on any atom is -0.497 e. The summed E-state index contributed by atoms with van der Waals surface area (Å²) in [6, 6.07) is 13.3. The van der Waals surface area contributed by atoms with Gasteiger partial charge in [-0.05, 0) is 75.1 Å². The highest BCUT2D eigenvalue weighted by Gasteiger charge is 2.23. The topological polar surface area (TPSA) is 83.7 Å². The number of H-pyrrole nitrogens is 1. The van der Waals surface area contributed by atoms with Crippen molar-refractivity contribution < 1.29 is 19.1 Å². The van der Waals surface area contributed by atoms with Crippen molar-refractivity contribution in [1.82, 2.24) is 9.88 Å². The Morgan fingerprint density at radius 3 is 2.32 bits per heavy atom. The number of aromatic amines is 1. The minimum atomic E-state index is -0.393. The molecule has 0 unspecified atom stereocenters. The van der Waals surface area contributed by atoms with E-state index in [-0.39, 0.29) is 6.03 Å². The molecule has 0 saturated heterocycles. The van der Waals surface area contributed by atoms with E-state index in [1.165, 1.54) is 0 Å². The molecule has 2 aromatic carbocycles. The number of nitrogens with one attached hydrogen (secondary N) is 2. The van der Waals surface area contributed by atoms with E-state index >= 15 is 0 Å². The summed E-state index contributed by atoms with van der Waals surface area (Å²) in [5, 5.41) is 3.05. The maximum atomic E-state index is 13.4. The summed E-state index contributed by atoms with van der Waals surface area (Å²) in [6.45, 7) is 10.6. The number of methoxy groups -OCH3 is 1. The summed E-state index contributed by atoms with van der Waals surface area (Å²) in [7, 11) is 1.62. The van der Waals surface area contributed by atoms with Crippen molar-refractivity contribution in [3.63, 3.8) is 0 Å². The van der Waals surface area contributed by atoms with Crippen LogP contribution in [0.4, 0.5) is 10.5 Å². The third-order valence-electron chi connectivity index (χ3n) is 5.86. The van der Waals surface area contributed by atoms with Crippen LogP contribution in [-0.2, 0) is 17.8 Å². The molecule has 3 aromatic rings. The molecule has 0 aliphatic heterocycles. The van der Waals surface area contributed by atoms with Gasteiger partial charge in [-0.25, -0.2) is 9.59 Å². The molecular formula is C27H33N3O4. The van der Waals surface area contributed by atoms with Gasteiger partial charge < -0.3 is 24.7 Å². The van der Waals surface area contributed by atoms with E-state index in [9.17, 15) is 9.59 Å². The maximum absolute atomic E-state index is 13.4. The van der Waals surface area contributed by atoms with E-state index in [1.807, 2.05) is 70.2 Å². The summed E-state index contributed by atoms with van der Waals surface area (Å²) < 4.78 is 10.4. The third kappa shape index (κ3) is 5.78. The standard InChI is InChI=1S/C27H33N3O4/c1-7-34-26(31)25-19(4)23(20(5)28-25)16-30(15-21-9-11-22(33-6)12-10-21)27(32)29-24-13-8-17(2)14-18(24)3/h8-14,28H,7,15-16H2,1-6H3,(H,29,32). The number of nitrogens with zero attached hydrogens (tertiary/aromatic N) is 1. The van der Waals surface area contributed by atoms with Crippen molar-refractivity contribution in [1.29, 1.82) is 0 Å². The van der Waals surface area contributed by atoms with Gasteiger partial charge in [-0.1, -0.05) is 29.8 Å². The first kappa shape index (κ1) is 24.9. The number of anilines is 1. The summed E-state index contributed by atoms with van der Waals surface area (Å²) >= 11 is 0. The average Bonchev–Trinajstić information content (AvgIpc) is 3.09. The lowest BCUT2D eigenvalue weighted by Crippen LogP contribution is -2.34. The van der Waals surface area contributed by atoms with Crippen LogP contribution in [-0.4, -0.2) is 35.6 Å². The van der Waals surface area contributed by atoms with Gasteiger partial charge in [0.25, 0.3) is 0 Å². The molecular weight excluding hydrogens is 430 g/mol. The lowest BCUT2D eigenvalue weighted by Gasteiger charge is -2.24. The number of esters is 1. The zero-order valence-electron chi connectivity index (χ0n) is 20.7. The number of ether oxygens (including phenoxy) is 2. The number of aromatic nitrogens is 1. The van der Waals surface area contributed by atoms with Gasteiger partial charge in [-0.15, -0.1) is 0 Å². The van der Waals surface area contributed by atoms with Crippen LogP contribution < -0.4 is 10.1 Å². The Kier molecular flexibility index (Phi) is 7.99. The van der Waals surface area contributed by atoms with Crippen LogP contribution in [0.2, 0.25) is 0 Å². The number of rotatable bonds is 8. The number of benzene rings is 2. The number of amides is 2. The van der Waals surface area contributed by atoms with E-state index in [4.69, 9.17) is 9.47 Å². The second-order valence-corrected chi connectivity index (χ2v) is 8.40. The number of carbonyl (C=O) groups excluding carboxylic acids is 2. The molecule has 0 spiro atoms. The zero-order valence-corrected chi connectivity index (χ0v) is 20.7. The molecule has 7 heteroatoms. The van der Waals surface area contributed by atoms with Crippen molar-refractivity contribution in [3.8, 4) is 5.75 Å². The fraction of sp³-hybridized carbons (Fsp3) is 0.333. The molecule has 180 valence electrons. The minimum absolute atomic E-state index is 0.222. The second kappa shape index (κ2) is 10.9. The van der Waals surface area contributed by atoms with Crippen molar-refractivity contribution in [2.24, 2.45) is 0 Å². The van der Waals surface area contributed by atoms with Gasteiger partial charge in [0.05, 0.1) is 13.7 Å². The average molecular weight is 464 g/mol. The van der Waals surface area contributed by atoms with Crippen LogP contribution in [0, 0.1) is 27.7 Å². The molecule has 0 bridgehead atoms. The molecule has 0 aliphatic rings. The first-order chi connectivity index (χ1) is 16.2. The maximum Gasteiger partial charge on any atom is 0.355 e. The van der Waals surface area contributed by atoms with Crippen molar-refractivity contribution in [2.75, 3.05) is 19.0 Å². The lowest BCUT2D eigenvalue weighted by atomic mass is 10.1. The highest BCUT2D eigenvalue weighted by molar-refractivity contribution is 5.91. The van der Waals surface area contributed by atoms with Gasteiger partial charge in [-0.3, -0.25) is 0 Å². The second-order valence-electron chi connectivity index (χ2n) is 8.40. The smallest absolute Gasteiger partial charge is 0.355 e. The van der Waals surface area contributed by atoms with Gasteiger partial charge in [0.15, 0.2) is 0 Å². The van der Waals surface area contributed by atoms with Crippen LogP contribution in [0.5, 0.6) is 5.75 Å². The molecule has 0 aliphatic carbocycles. The first-order valence-electron chi connectivity index (χ1n) is 11.3. The van der Waals surface area contributed by atoms with Gasteiger partial charge >= 0.3 is 12.0 Å². The molecule has 0 fully saturated rings. The normalized spacial score (nSPS) is 10.6. The Morgan fingerprint density at radius 2 is 1.71 bits per heavy atom. The quantitative estimate of drug-likeness (QED) is 0.422. The summed E-state index contributed by atoms with van der Waals surface area (Å²) in [6.07, 6.45) is 0. The van der Waals surface area contributed by atoms with Crippen molar-refractivity contribution in [3.05, 3.63) is 81.7 Å². The highest BCUT2D eigenvalue weighted by Crippen LogP contribution is 2.24. The number of hydrogen-bond donors (Lipinski definition) is 2. The molecule has 1 heterocycles. The SMILES string of the molecule is CCOC(=O)c1[nH]c(C)c(CN(Cc2ccc(OC)cc2)C(=O)Nc2ccc(C)cc2C)c1C. The largest absolute Gasteiger partial charge is 0.497 e. The highest BCUT2D eigenvalue weighted by atomic mass is 16.5. The predicted molar refractivity (Wildman–Crippen MR) is 133 cm³/mol. The van der Waals surface area contributed by atoms with Crippen molar-refractivity contribution in [2.45, 2.75) is 47.7 Å². The number of hydrogen-bond acceptors (Lipinski definition) is 4. The fourth-order valence-electron chi connectivity index (χ4n) is 3.92. The molecule has 3 rings (SSSR count). The van der Waals surface area contributed by atoms with E-state index in [1.54, 1.807) is 18.9 Å². The molecule has 0 radical (unpaired) electrons. The predicted octanol–water partition coefficient (Wildman–Crippen LogP) is 5.67. The number of carbonyl (C=O) groups is 2. The summed E-state index contributed by atoms with van der Waals surface area (Å²) in [4.78, 5) is 30.7. The third-order valence-corrected chi connectivity index (χ3v) is 5.86. The molecule has 1 aromatic heterocycles. The fourth-order valence-corrected chi connectivity index (χ4v) is 3.92. The number of aryl methyl sites for hydroxylation is 3. The summed E-state index contributed by atoms with van der Waals surface area (Å²) in [5.41, 5.74) is 6.81. The Bertz CT molecular complexity index is 1170. The van der Waals surface area contributed by atoms with E-state index in [2.05, 4.69) is 10.3 Å². The lowest BCUT2D eigenvalue weighted by molar-refractivity contribution is 0.0519. The van der Waals surface area contributed by atoms with E-state index in [0.717, 1.165) is 44.9 Å². The van der Waals surface area contributed by atoms with Crippen LogP contribution >= 0.6 is 0 Å². The van der Waals surface area contributed by atoms with Gasteiger partial charge in [0.1, 0.15) is 11.4 Å². The first-order valence-corrected chi connectivity index (χ1v) is 11.3. The molecule has 2 amide bonds. The summed E-state index contributed by atoms with van der Waals surface area (Å²) in [5.74, 6) is 0.363. The molecule has 2 N–H and O–H groups in total. The van der Waals surface area contributed by atoms with Gasteiger partial charge in [-0.2, -0.15) is 0 Å². The van der Waals surface area contributed by atoms with Crippen molar-refractivity contribution >= 4 is 17.7 Å². The Hall–Kier alpha value is -3.74. The van der Waals surface area contributed by atoms with E-state index in [0.29, 0.717) is 25.4 Å². The Balaban J connectivity index is 1.91. The molecule has 0 saturated carbocycles. The number of urea groups is 1. The van der Waals surface area contributed by atoms with Gasteiger partial charge in [0.2, 0.25) is 0 Å². The Labute approximate surface area is 201 Å². The zero-order chi connectivity index (χ0) is 24.8. The molecule has 0 atom stereocenters. The van der Waals surface area contributed by atoms with Crippen LogP contribution in [0.25, 0.3) is 0 Å². The van der Waals surface area contributed by atoms with Crippen LogP contribution in [0.15, 0.2) is 42.5 Å². The molecule has 34 heavy (non-hydrogen) atoms.